The van der Waals surface area contributed by atoms with Crippen LogP contribution in [0.4, 0.5) is 5.82 Å². The molecule has 0 aliphatic carbocycles. The lowest BCUT2D eigenvalue weighted by Crippen LogP contribution is -2.44. The summed E-state index contributed by atoms with van der Waals surface area (Å²) in [6, 6.07) is 0.380. The van der Waals surface area contributed by atoms with Gasteiger partial charge in [-0.15, -0.1) is 0 Å². The molecule has 1 aromatic heterocycles. The van der Waals surface area contributed by atoms with Gasteiger partial charge in [0.05, 0.1) is 5.69 Å². The topological polar surface area (TPSA) is 61.6 Å². The Hall–Kier alpha value is -1.56. The zero-order valence-corrected chi connectivity index (χ0v) is 12.8. The molecule has 1 fully saturated rings. The highest BCUT2D eigenvalue weighted by molar-refractivity contribution is 5.94. The number of anilines is 1. The van der Waals surface area contributed by atoms with Crippen LogP contribution in [0.5, 0.6) is 0 Å². The number of nitrogens with zero attached hydrogens (tertiary/aromatic N) is 4. The smallest absolute Gasteiger partial charge is 0.341 e. The van der Waals surface area contributed by atoms with E-state index in [1.807, 2.05) is 14.1 Å². The van der Waals surface area contributed by atoms with Gasteiger partial charge in [0, 0.05) is 33.2 Å². The molecule has 1 aliphatic rings. The number of rotatable bonds is 4. The Balaban J connectivity index is 2.21. The van der Waals surface area contributed by atoms with E-state index in [0.717, 1.165) is 32.5 Å². The number of aryl methyl sites for hydroxylation is 2. The first-order chi connectivity index (χ1) is 9.45. The van der Waals surface area contributed by atoms with Crippen molar-refractivity contribution < 1.29 is 9.90 Å². The molecule has 0 radical (unpaired) electrons. The van der Waals surface area contributed by atoms with Crippen molar-refractivity contribution in [3.8, 4) is 0 Å². The van der Waals surface area contributed by atoms with E-state index in [2.05, 4.69) is 21.8 Å². The molecule has 0 bridgehead atoms. The third-order valence-corrected chi connectivity index (χ3v) is 4.29. The molecule has 20 heavy (non-hydrogen) atoms. The van der Waals surface area contributed by atoms with Gasteiger partial charge in [-0.3, -0.25) is 4.68 Å². The highest BCUT2D eigenvalue weighted by atomic mass is 16.4. The van der Waals surface area contributed by atoms with Crippen molar-refractivity contribution in [2.75, 3.05) is 31.6 Å². The summed E-state index contributed by atoms with van der Waals surface area (Å²) >= 11 is 0. The minimum Gasteiger partial charge on any atom is -0.477 e. The van der Waals surface area contributed by atoms with Crippen molar-refractivity contribution >= 4 is 11.8 Å². The third-order valence-electron chi connectivity index (χ3n) is 4.29. The molecule has 2 heterocycles. The van der Waals surface area contributed by atoms with Crippen LogP contribution in [-0.2, 0) is 7.05 Å². The van der Waals surface area contributed by atoms with Crippen molar-refractivity contribution in [1.29, 1.82) is 0 Å². The van der Waals surface area contributed by atoms with Crippen LogP contribution in [0.1, 0.15) is 35.8 Å². The fraction of sp³-hybridized carbons (Fsp3) is 0.714. The van der Waals surface area contributed by atoms with Crippen LogP contribution in [0.15, 0.2) is 0 Å². The molecule has 0 atom stereocenters. The van der Waals surface area contributed by atoms with E-state index in [4.69, 9.17) is 0 Å². The number of carbonyl (C=O) groups is 1. The second kappa shape index (κ2) is 5.83. The zero-order chi connectivity index (χ0) is 14.9. The monoisotopic (exact) mass is 280 g/mol. The summed E-state index contributed by atoms with van der Waals surface area (Å²) in [5.41, 5.74) is 0.903. The molecule has 2 rings (SSSR count). The van der Waals surface area contributed by atoms with Crippen molar-refractivity contribution in [3.05, 3.63) is 11.3 Å². The second-order valence-electron chi connectivity index (χ2n) is 5.49. The highest BCUT2D eigenvalue weighted by Gasteiger charge is 2.28. The van der Waals surface area contributed by atoms with Crippen LogP contribution in [0, 0.1) is 6.92 Å². The quantitative estimate of drug-likeness (QED) is 0.902. The maximum atomic E-state index is 11.5. The Morgan fingerprint density at radius 2 is 2.05 bits per heavy atom. The lowest BCUT2D eigenvalue weighted by molar-refractivity contribution is 0.0696. The summed E-state index contributed by atoms with van der Waals surface area (Å²) < 4.78 is 1.69. The first kappa shape index (κ1) is 14.8. The number of likely N-dealkylation sites (tertiary alicyclic amines) is 1. The minimum absolute atomic E-state index is 0.327. The summed E-state index contributed by atoms with van der Waals surface area (Å²) in [6.45, 7) is 7.16. The van der Waals surface area contributed by atoms with Crippen LogP contribution < -0.4 is 4.90 Å². The van der Waals surface area contributed by atoms with Crippen molar-refractivity contribution in [3.63, 3.8) is 0 Å². The number of hydrogen-bond acceptors (Lipinski definition) is 4. The van der Waals surface area contributed by atoms with E-state index in [9.17, 15) is 9.90 Å². The molecule has 0 amide bonds. The Labute approximate surface area is 120 Å². The highest BCUT2D eigenvalue weighted by Crippen LogP contribution is 2.27. The van der Waals surface area contributed by atoms with Crippen LogP contribution in [-0.4, -0.2) is 58.5 Å². The average molecular weight is 280 g/mol. The standard InChI is InChI=1S/C14H24N4O2/c1-5-18-8-6-11(7-9-18)16(3)13-12(14(19)20)10(2)15-17(13)4/h11H,5-9H2,1-4H3,(H,19,20). The molecule has 1 N–H and O–H groups in total. The summed E-state index contributed by atoms with van der Waals surface area (Å²) in [5, 5.41) is 13.7. The van der Waals surface area contributed by atoms with Crippen molar-refractivity contribution in [1.82, 2.24) is 14.7 Å². The first-order valence-electron chi connectivity index (χ1n) is 7.17. The Bertz CT molecular complexity index is 490. The zero-order valence-electron chi connectivity index (χ0n) is 12.8. The van der Waals surface area contributed by atoms with Gasteiger partial charge in [-0.25, -0.2) is 4.79 Å². The molecule has 0 unspecified atom stereocenters. The van der Waals surface area contributed by atoms with E-state index in [0.29, 0.717) is 23.1 Å². The maximum Gasteiger partial charge on any atom is 0.341 e. The van der Waals surface area contributed by atoms with E-state index in [1.165, 1.54) is 0 Å². The van der Waals surface area contributed by atoms with Gasteiger partial charge in [-0.05, 0) is 26.3 Å². The minimum atomic E-state index is -0.900. The molecule has 6 heteroatoms. The number of carboxylic acids is 1. The Morgan fingerprint density at radius 3 is 2.55 bits per heavy atom. The molecular formula is C14H24N4O2. The Morgan fingerprint density at radius 1 is 1.45 bits per heavy atom. The summed E-state index contributed by atoms with van der Waals surface area (Å²) in [4.78, 5) is 16.0. The lowest BCUT2D eigenvalue weighted by Gasteiger charge is -2.37. The molecule has 1 aliphatic heterocycles. The van der Waals surface area contributed by atoms with Gasteiger partial charge in [-0.2, -0.15) is 5.10 Å². The lowest BCUT2D eigenvalue weighted by atomic mass is 10.0. The van der Waals surface area contributed by atoms with Gasteiger partial charge in [0.1, 0.15) is 11.4 Å². The van der Waals surface area contributed by atoms with E-state index >= 15 is 0 Å². The molecule has 0 spiro atoms. The molecule has 112 valence electrons. The van der Waals surface area contributed by atoms with Crippen LogP contribution >= 0.6 is 0 Å². The fourth-order valence-electron chi connectivity index (χ4n) is 3.10. The number of carboxylic acid groups (broad SMARTS) is 1. The van der Waals surface area contributed by atoms with Crippen LogP contribution in [0.2, 0.25) is 0 Å². The largest absolute Gasteiger partial charge is 0.477 e. The summed E-state index contributed by atoms with van der Waals surface area (Å²) in [7, 11) is 3.79. The normalized spacial score (nSPS) is 17.4. The van der Waals surface area contributed by atoms with Gasteiger partial charge >= 0.3 is 5.97 Å². The van der Waals surface area contributed by atoms with Crippen molar-refractivity contribution in [2.45, 2.75) is 32.7 Å². The number of piperidine rings is 1. The van der Waals surface area contributed by atoms with E-state index in [1.54, 1.807) is 11.6 Å². The summed E-state index contributed by atoms with van der Waals surface area (Å²) in [6.07, 6.45) is 2.13. The van der Waals surface area contributed by atoms with Gasteiger partial charge in [-0.1, -0.05) is 6.92 Å². The molecule has 1 aromatic rings. The predicted octanol–water partition coefficient (Wildman–Crippen LogP) is 1.35. The molecule has 6 nitrogen and oxygen atoms in total. The molecule has 1 saturated heterocycles. The van der Waals surface area contributed by atoms with E-state index in [-0.39, 0.29) is 0 Å². The number of aromatic nitrogens is 2. The van der Waals surface area contributed by atoms with Crippen LogP contribution in [0.25, 0.3) is 0 Å². The molecular weight excluding hydrogens is 256 g/mol. The molecule has 0 aromatic carbocycles. The molecule has 0 saturated carbocycles. The number of hydrogen-bond donors (Lipinski definition) is 1. The maximum absolute atomic E-state index is 11.5. The second-order valence-corrected chi connectivity index (χ2v) is 5.49. The van der Waals surface area contributed by atoms with Crippen molar-refractivity contribution in [2.24, 2.45) is 7.05 Å². The predicted molar refractivity (Wildman–Crippen MR) is 78.4 cm³/mol. The first-order valence-corrected chi connectivity index (χ1v) is 7.17. The fourth-order valence-corrected chi connectivity index (χ4v) is 3.10. The van der Waals surface area contributed by atoms with Gasteiger partial charge in [0.15, 0.2) is 0 Å². The Kier molecular flexibility index (Phi) is 4.32. The van der Waals surface area contributed by atoms with E-state index < -0.39 is 5.97 Å². The van der Waals surface area contributed by atoms with Gasteiger partial charge < -0.3 is 14.9 Å². The van der Waals surface area contributed by atoms with Gasteiger partial charge in [0.2, 0.25) is 0 Å². The third kappa shape index (κ3) is 2.65. The SMILES string of the molecule is CCN1CCC(N(C)c2c(C(=O)O)c(C)nn2C)CC1. The average Bonchev–Trinajstić information content (AvgIpc) is 2.72. The van der Waals surface area contributed by atoms with Crippen LogP contribution in [0.3, 0.4) is 0 Å². The van der Waals surface area contributed by atoms with Gasteiger partial charge in [0.25, 0.3) is 0 Å². The summed E-state index contributed by atoms with van der Waals surface area (Å²) in [5.74, 6) is -0.187. The number of aromatic carboxylic acids is 1.